The Labute approximate surface area is 135 Å². The Kier molecular flexibility index (Phi) is 3.56. The maximum absolute atomic E-state index is 12.8. The second-order valence-electron chi connectivity index (χ2n) is 5.66. The minimum atomic E-state index is -0.325. The molecule has 1 fully saturated rings. The Balaban J connectivity index is 1.74. The first-order valence-electron chi connectivity index (χ1n) is 7.80. The van der Waals surface area contributed by atoms with Crippen LogP contribution in [-0.2, 0) is 4.74 Å². The van der Waals surface area contributed by atoms with Gasteiger partial charge in [0.05, 0.1) is 6.61 Å². The molecular weight excluding hydrogens is 286 g/mol. The SMILES string of the molecule is O=C(c1ccccc1)N1CCO[C@@H]1c1cccc2ccccc12. The fraction of sp³-hybridized carbons (Fsp3) is 0.150. The topological polar surface area (TPSA) is 29.5 Å². The molecule has 0 aliphatic carbocycles. The highest BCUT2D eigenvalue weighted by Gasteiger charge is 2.32. The van der Waals surface area contributed by atoms with Crippen LogP contribution in [0.1, 0.15) is 22.1 Å². The van der Waals surface area contributed by atoms with Gasteiger partial charge in [0.25, 0.3) is 5.91 Å². The molecule has 0 saturated carbocycles. The zero-order valence-corrected chi connectivity index (χ0v) is 12.7. The molecule has 1 aliphatic rings. The average Bonchev–Trinajstić information content (AvgIpc) is 3.11. The highest BCUT2D eigenvalue weighted by molar-refractivity contribution is 5.95. The molecule has 0 radical (unpaired) electrons. The maximum Gasteiger partial charge on any atom is 0.256 e. The highest BCUT2D eigenvalue weighted by atomic mass is 16.5. The number of carbonyl (C=O) groups is 1. The molecule has 23 heavy (non-hydrogen) atoms. The second-order valence-corrected chi connectivity index (χ2v) is 5.66. The van der Waals surface area contributed by atoms with Gasteiger partial charge in [0, 0.05) is 17.7 Å². The Morgan fingerprint density at radius 3 is 2.52 bits per heavy atom. The van der Waals surface area contributed by atoms with Crippen molar-refractivity contribution in [3.8, 4) is 0 Å². The summed E-state index contributed by atoms with van der Waals surface area (Å²) in [7, 11) is 0. The lowest BCUT2D eigenvalue weighted by molar-refractivity contribution is 0.0280. The zero-order chi connectivity index (χ0) is 15.6. The van der Waals surface area contributed by atoms with Gasteiger partial charge in [0.1, 0.15) is 0 Å². The van der Waals surface area contributed by atoms with E-state index in [2.05, 4.69) is 18.2 Å². The molecule has 0 N–H and O–H groups in total. The number of fused-ring (bicyclic) bond motifs is 1. The number of rotatable bonds is 2. The van der Waals surface area contributed by atoms with E-state index in [9.17, 15) is 4.79 Å². The van der Waals surface area contributed by atoms with Crippen LogP contribution in [0.15, 0.2) is 72.8 Å². The Morgan fingerprint density at radius 2 is 1.65 bits per heavy atom. The van der Waals surface area contributed by atoms with Gasteiger partial charge >= 0.3 is 0 Å². The predicted octanol–water partition coefficient (Wildman–Crippen LogP) is 4.01. The zero-order valence-electron chi connectivity index (χ0n) is 12.7. The van der Waals surface area contributed by atoms with E-state index in [0.29, 0.717) is 18.7 Å². The molecule has 1 aliphatic heterocycles. The molecule has 1 saturated heterocycles. The first-order valence-corrected chi connectivity index (χ1v) is 7.80. The first kappa shape index (κ1) is 14.0. The molecule has 114 valence electrons. The highest BCUT2D eigenvalue weighted by Crippen LogP contribution is 2.33. The fourth-order valence-electron chi connectivity index (χ4n) is 3.15. The van der Waals surface area contributed by atoms with Crippen molar-refractivity contribution < 1.29 is 9.53 Å². The summed E-state index contributed by atoms with van der Waals surface area (Å²) in [6.07, 6.45) is -0.325. The van der Waals surface area contributed by atoms with Gasteiger partial charge in [-0.3, -0.25) is 4.79 Å². The summed E-state index contributed by atoms with van der Waals surface area (Å²) in [5.74, 6) is 0.0148. The van der Waals surface area contributed by atoms with Gasteiger partial charge in [-0.05, 0) is 22.9 Å². The fourth-order valence-corrected chi connectivity index (χ4v) is 3.15. The summed E-state index contributed by atoms with van der Waals surface area (Å²) in [6.45, 7) is 1.17. The Morgan fingerprint density at radius 1 is 0.913 bits per heavy atom. The van der Waals surface area contributed by atoms with Crippen molar-refractivity contribution in [1.82, 2.24) is 4.90 Å². The van der Waals surface area contributed by atoms with Crippen molar-refractivity contribution >= 4 is 16.7 Å². The normalized spacial score (nSPS) is 17.6. The van der Waals surface area contributed by atoms with E-state index in [1.54, 1.807) is 0 Å². The van der Waals surface area contributed by atoms with Crippen LogP contribution in [0.25, 0.3) is 10.8 Å². The maximum atomic E-state index is 12.8. The molecule has 4 rings (SSSR count). The Hall–Kier alpha value is -2.65. The summed E-state index contributed by atoms with van der Waals surface area (Å²) in [5, 5.41) is 2.29. The molecule has 0 bridgehead atoms. The van der Waals surface area contributed by atoms with Crippen molar-refractivity contribution in [1.29, 1.82) is 0 Å². The van der Waals surface area contributed by atoms with E-state index in [4.69, 9.17) is 4.74 Å². The Bertz CT molecular complexity index is 839. The third-order valence-corrected chi connectivity index (χ3v) is 4.26. The van der Waals surface area contributed by atoms with Gasteiger partial charge in [0.2, 0.25) is 0 Å². The molecule has 1 atom stereocenters. The second kappa shape index (κ2) is 5.86. The smallest absolute Gasteiger partial charge is 0.256 e. The largest absolute Gasteiger partial charge is 0.352 e. The quantitative estimate of drug-likeness (QED) is 0.716. The van der Waals surface area contributed by atoms with E-state index < -0.39 is 0 Å². The summed E-state index contributed by atoms with van der Waals surface area (Å²) in [5.41, 5.74) is 1.74. The predicted molar refractivity (Wildman–Crippen MR) is 90.1 cm³/mol. The first-order chi connectivity index (χ1) is 11.3. The number of carbonyl (C=O) groups excluding carboxylic acids is 1. The van der Waals surface area contributed by atoms with Crippen LogP contribution in [-0.4, -0.2) is 24.0 Å². The number of benzene rings is 3. The minimum Gasteiger partial charge on any atom is -0.352 e. The van der Waals surface area contributed by atoms with Crippen molar-refractivity contribution in [2.75, 3.05) is 13.2 Å². The number of nitrogens with zero attached hydrogens (tertiary/aromatic N) is 1. The van der Waals surface area contributed by atoms with E-state index in [-0.39, 0.29) is 12.1 Å². The molecule has 1 amide bonds. The van der Waals surface area contributed by atoms with Gasteiger partial charge in [-0.15, -0.1) is 0 Å². The standard InChI is InChI=1S/C20H17NO2/c22-19(16-8-2-1-3-9-16)21-13-14-23-20(21)18-12-6-10-15-7-4-5-11-17(15)18/h1-12,20H,13-14H2/t20-/m1/s1. The van der Waals surface area contributed by atoms with Crippen LogP contribution in [0.2, 0.25) is 0 Å². The average molecular weight is 303 g/mol. The molecule has 0 aromatic heterocycles. The molecule has 0 unspecified atom stereocenters. The summed E-state index contributed by atoms with van der Waals surface area (Å²) in [6, 6.07) is 23.7. The molecule has 0 spiro atoms. The lowest BCUT2D eigenvalue weighted by atomic mass is 10.0. The monoisotopic (exact) mass is 303 g/mol. The van der Waals surface area contributed by atoms with E-state index >= 15 is 0 Å². The van der Waals surface area contributed by atoms with Crippen LogP contribution in [0.3, 0.4) is 0 Å². The molecule has 3 heteroatoms. The summed E-state index contributed by atoms with van der Waals surface area (Å²) >= 11 is 0. The van der Waals surface area contributed by atoms with Crippen LogP contribution in [0.4, 0.5) is 0 Å². The molecule has 3 nitrogen and oxygen atoms in total. The number of hydrogen-bond donors (Lipinski definition) is 0. The van der Waals surface area contributed by atoms with E-state index in [1.807, 2.05) is 59.5 Å². The number of ether oxygens (including phenoxy) is 1. The number of hydrogen-bond acceptors (Lipinski definition) is 2. The third kappa shape index (κ3) is 2.49. The van der Waals surface area contributed by atoms with Gasteiger partial charge in [-0.1, -0.05) is 60.7 Å². The molecular formula is C20H17NO2. The van der Waals surface area contributed by atoms with Crippen molar-refractivity contribution in [2.24, 2.45) is 0 Å². The molecule has 3 aromatic carbocycles. The van der Waals surface area contributed by atoms with Crippen molar-refractivity contribution in [2.45, 2.75) is 6.23 Å². The van der Waals surface area contributed by atoms with Gasteiger partial charge in [-0.25, -0.2) is 0 Å². The van der Waals surface area contributed by atoms with Crippen LogP contribution in [0, 0.1) is 0 Å². The van der Waals surface area contributed by atoms with Gasteiger partial charge < -0.3 is 9.64 Å². The molecule has 1 heterocycles. The van der Waals surface area contributed by atoms with Gasteiger partial charge in [-0.2, -0.15) is 0 Å². The number of amides is 1. The van der Waals surface area contributed by atoms with Crippen molar-refractivity contribution in [3.05, 3.63) is 83.9 Å². The van der Waals surface area contributed by atoms with Gasteiger partial charge in [0.15, 0.2) is 6.23 Å². The van der Waals surface area contributed by atoms with Crippen LogP contribution in [0.5, 0.6) is 0 Å². The van der Waals surface area contributed by atoms with Crippen molar-refractivity contribution in [3.63, 3.8) is 0 Å². The third-order valence-electron chi connectivity index (χ3n) is 4.26. The lowest BCUT2D eigenvalue weighted by Gasteiger charge is -2.24. The summed E-state index contributed by atoms with van der Waals surface area (Å²) in [4.78, 5) is 14.6. The van der Waals surface area contributed by atoms with E-state index in [0.717, 1.165) is 16.3 Å². The lowest BCUT2D eigenvalue weighted by Crippen LogP contribution is -2.31. The molecule has 3 aromatic rings. The van der Waals surface area contributed by atoms with Crippen LogP contribution >= 0.6 is 0 Å². The van der Waals surface area contributed by atoms with E-state index in [1.165, 1.54) is 0 Å². The minimum absolute atomic E-state index is 0.0148. The van der Waals surface area contributed by atoms with Crippen LogP contribution < -0.4 is 0 Å². The summed E-state index contributed by atoms with van der Waals surface area (Å²) < 4.78 is 5.91.